The molecule has 0 radical (unpaired) electrons. The van der Waals surface area contributed by atoms with Gasteiger partial charge in [0.1, 0.15) is 5.82 Å². The molecule has 2 aliphatic heterocycles. The van der Waals surface area contributed by atoms with Gasteiger partial charge in [0.15, 0.2) is 5.92 Å². The van der Waals surface area contributed by atoms with E-state index in [9.17, 15) is 14.4 Å². The third-order valence-electron chi connectivity index (χ3n) is 5.98. The molecular formula is C20H24FN5O. The molecule has 6 nitrogen and oxygen atoms in total. The van der Waals surface area contributed by atoms with Crippen LogP contribution >= 0.6 is 0 Å². The molecule has 1 aromatic carbocycles. The second-order valence-electron chi connectivity index (χ2n) is 7.58. The molecule has 1 saturated carbocycles. The number of halogens is 1. The van der Waals surface area contributed by atoms with E-state index in [4.69, 9.17) is 4.99 Å². The zero-order valence-corrected chi connectivity index (χ0v) is 15.3. The number of carbonyl (C=O) groups is 1. The number of benzene rings is 1. The van der Waals surface area contributed by atoms with Crippen LogP contribution in [0, 0.1) is 23.1 Å². The molecule has 142 valence electrons. The van der Waals surface area contributed by atoms with Crippen molar-refractivity contribution in [3.8, 4) is 6.07 Å². The summed E-state index contributed by atoms with van der Waals surface area (Å²) >= 11 is 0. The van der Waals surface area contributed by atoms with Crippen molar-refractivity contribution in [1.82, 2.24) is 10.2 Å². The Balaban J connectivity index is 1.51. The van der Waals surface area contributed by atoms with Crippen LogP contribution in [0.1, 0.15) is 32.1 Å². The van der Waals surface area contributed by atoms with Crippen LogP contribution < -0.4 is 10.2 Å². The first-order valence-corrected chi connectivity index (χ1v) is 9.68. The van der Waals surface area contributed by atoms with E-state index in [1.54, 1.807) is 12.1 Å². The lowest BCUT2D eigenvalue weighted by Crippen LogP contribution is -2.60. The molecule has 1 atom stereocenters. The molecule has 3 aliphatic rings. The first kappa shape index (κ1) is 17.8. The number of hydrogen-bond acceptors (Lipinski definition) is 5. The second-order valence-corrected chi connectivity index (χ2v) is 7.58. The van der Waals surface area contributed by atoms with Crippen molar-refractivity contribution in [2.24, 2.45) is 10.9 Å². The molecule has 0 aromatic heterocycles. The van der Waals surface area contributed by atoms with Gasteiger partial charge in [-0.1, -0.05) is 31.4 Å². The standard InChI is InChI=1S/C20H24FN5O/c21-16-6-2-3-7-17(16)25-10-12-26(13-11-25)19-23-18(27)15(14-22)20(24-19)8-4-1-5-9-20/h2-3,6-7,15H,1,4-5,8-13H2,(H,23,24,27). The highest BCUT2D eigenvalue weighted by atomic mass is 19.1. The number of carbonyl (C=O) groups excluding carboxylic acids is 1. The lowest BCUT2D eigenvalue weighted by atomic mass is 9.72. The number of guanidine groups is 1. The fourth-order valence-electron chi connectivity index (χ4n) is 4.49. The SMILES string of the molecule is N#CC1C(=O)NC(N2CCN(c3ccccc3F)CC2)=NC12CCCCC2. The highest BCUT2D eigenvalue weighted by molar-refractivity contribution is 6.02. The molecule has 1 aromatic rings. The Morgan fingerprint density at radius 2 is 1.78 bits per heavy atom. The number of nitriles is 1. The van der Waals surface area contributed by atoms with Gasteiger partial charge in [-0.3, -0.25) is 10.1 Å². The van der Waals surface area contributed by atoms with Crippen LogP contribution in [0.15, 0.2) is 29.3 Å². The van der Waals surface area contributed by atoms with E-state index in [1.165, 1.54) is 6.07 Å². The van der Waals surface area contributed by atoms with Crippen molar-refractivity contribution in [3.05, 3.63) is 30.1 Å². The van der Waals surface area contributed by atoms with Gasteiger partial charge < -0.3 is 9.80 Å². The van der Waals surface area contributed by atoms with Gasteiger partial charge >= 0.3 is 0 Å². The predicted octanol–water partition coefficient (Wildman–Crippen LogP) is 2.28. The van der Waals surface area contributed by atoms with E-state index >= 15 is 0 Å². The monoisotopic (exact) mass is 369 g/mol. The smallest absolute Gasteiger partial charge is 0.246 e. The van der Waals surface area contributed by atoms with Crippen LogP contribution in [-0.2, 0) is 4.79 Å². The maximum atomic E-state index is 14.0. The number of rotatable bonds is 1. The van der Waals surface area contributed by atoms with Crippen LogP contribution in [0.2, 0.25) is 0 Å². The molecule has 2 fully saturated rings. The van der Waals surface area contributed by atoms with E-state index in [2.05, 4.69) is 16.3 Å². The first-order valence-electron chi connectivity index (χ1n) is 9.68. The summed E-state index contributed by atoms with van der Waals surface area (Å²) in [4.78, 5) is 21.6. The Hall–Kier alpha value is -2.62. The van der Waals surface area contributed by atoms with Gasteiger partial charge in [0, 0.05) is 26.2 Å². The Labute approximate surface area is 158 Å². The molecule has 1 amide bonds. The molecule has 1 aliphatic carbocycles. The summed E-state index contributed by atoms with van der Waals surface area (Å²) in [5.41, 5.74) is 0.0351. The van der Waals surface area contributed by atoms with E-state index in [0.29, 0.717) is 37.8 Å². The van der Waals surface area contributed by atoms with Gasteiger partial charge in [-0.05, 0) is 25.0 Å². The average Bonchev–Trinajstić information content (AvgIpc) is 2.69. The predicted molar refractivity (Wildman–Crippen MR) is 101 cm³/mol. The molecule has 27 heavy (non-hydrogen) atoms. The minimum atomic E-state index is -0.707. The number of nitrogens with one attached hydrogen (secondary N) is 1. The van der Waals surface area contributed by atoms with Crippen molar-refractivity contribution in [2.75, 3.05) is 31.1 Å². The van der Waals surface area contributed by atoms with Crippen LogP contribution in [0.4, 0.5) is 10.1 Å². The number of aliphatic imine (C=N–C) groups is 1. The van der Waals surface area contributed by atoms with Crippen LogP contribution in [0.25, 0.3) is 0 Å². The molecule has 0 bridgehead atoms. The molecule has 2 heterocycles. The molecular weight excluding hydrogens is 345 g/mol. The summed E-state index contributed by atoms with van der Waals surface area (Å²) in [6, 6.07) is 8.98. The fraction of sp³-hybridized carbons (Fsp3) is 0.550. The summed E-state index contributed by atoms with van der Waals surface area (Å²) in [5, 5.41) is 12.4. The number of anilines is 1. The molecule has 1 spiro atoms. The maximum absolute atomic E-state index is 14.0. The van der Waals surface area contributed by atoms with Gasteiger partial charge in [-0.2, -0.15) is 5.26 Å². The molecule has 7 heteroatoms. The first-order chi connectivity index (χ1) is 13.1. The third kappa shape index (κ3) is 3.25. The van der Waals surface area contributed by atoms with Gasteiger partial charge in [-0.25, -0.2) is 9.38 Å². The van der Waals surface area contributed by atoms with Crippen molar-refractivity contribution >= 4 is 17.6 Å². The number of para-hydroxylation sites is 1. The van der Waals surface area contributed by atoms with Gasteiger partial charge in [0.25, 0.3) is 0 Å². The van der Waals surface area contributed by atoms with Gasteiger partial charge in [-0.15, -0.1) is 0 Å². The Morgan fingerprint density at radius 3 is 2.44 bits per heavy atom. The number of nitrogens with zero attached hydrogens (tertiary/aromatic N) is 4. The summed E-state index contributed by atoms with van der Waals surface area (Å²) in [5.74, 6) is -0.573. The molecule has 1 N–H and O–H groups in total. The van der Waals surface area contributed by atoms with Crippen molar-refractivity contribution in [1.29, 1.82) is 5.26 Å². The third-order valence-corrected chi connectivity index (χ3v) is 5.98. The van der Waals surface area contributed by atoms with Crippen LogP contribution in [0.3, 0.4) is 0 Å². The van der Waals surface area contributed by atoms with E-state index < -0.39 is 11.5 Å². The van der Waals surface area contributed by atoms with E-state index in [1.807, 2.05) is 11.0 Å². The quantitative estimate of drug-likeness (QED) is 0.824. The number of piperazine rings is 1. The number of amides is 1. The van der Waals surface area contributed by atoms with Crippen LogP contribution in [-0.4, -0.2) is 48.5 Å². The van der Waals surface area contributed by atoms with E-state index in [-0.39, 0.29) is 11.7 Å². The highest BCUT2D eigenvalue weighted by Gasteiger charge is 2.48. The van der Waals surface area contributed by atoms with Crippen molar-refractivity contribution in [3.63, 3.8) is 0 Å². The Bertz CT molecular complexity index is 788. The fourth-order valence-corrected chi connectivity index (χ4v) is 4.49. The van der Waals surface area contributed by atoms with Crippen molar-refractivity contribution in [2.45, 2.75) is 37.6 Å². The molecule has 1 unspecified atom stereocenters. The summed E-state index contributed by atoms with van der Waals surface area (Å²) in [6.45, 7) is 2.62. The maximum Gasteiger partial charge on any atom is 0.246 e. The second kappa shape index (κ2) is 7.18. The molecule has 4 rings (SSSR count). The van der Waals surface area contributed by atoms with E-state index in [0.717, 1.165) is 32.1 Å². The van der Waals surface area contributed by atoms with Crippen molar-refractivity contribution < 1.29 is 9.18 Å². The minimum Gasteiger partial charge on any atom is -0.366 e. The zero-order chi connectivity index (χ0) is 18.9. The lowest BCUT2D eigenvalue weighted by Gasteiger charge is -2.44. The van der Waals surface area contributed by atoms with Crippen LogP contribution in [0.5, 0.6) is 0 Å². The lowest BCUT2D eigenvalue weighted by molar-refractivity contribution is -0.125. The zero-order valence-electron chi connectivity index (χ0n) is 15.3. The molecule has 1 saturated heterocycles. The highest BCUT2D eigenvalue weighted by Crippen LogP contribution is 2.40. The minimum absolute atomic E-state index is 0.215. The largest absolute Gasteiger partial charge is 0.366 e. The topological polar surface area (TPSA) is 71.7 Å². The summed E-state index contributed by atoms with van der Waals surface area (Å²) in [7, 11) is 0. The Morgan fingerprint density at radius 1 is 1.11 bits per heavy atom. The summed E-state index contributed by atoms with van der Waals surface area (Å²) in [6.07, 6.45) is 4.72. The normalized spacial score (nSPS) is 25.0. The summed E-state index contributed by atoms with van der Waals surface area (Å²) < 4.78 is 14.0. The number of hydrogen-bond donors (Lipinski definition) is 1. The Kier molecular flexibility index (Phi) is 4.73. The van der Waals surface area contributed by atoms with Gasteiger partial charge in [0.2, 0.25) is 11.9 Å². The van der Waals surface area contributed by atoms with Gasteiger partial charge in [0.05, 0.1) is 17.3 Å². The average molecular weight is 369 g/mol.